The molecule has 0 radical (unpaired) electrons. The van der Waals surface area contributed by atoms with Crippen molar-refractivity contribution in [2.75, 3.05) is 25.0 Å². The zero-order valence-electron chi connectivity index (χ0n) is 15.1. The van der Waals surface area contributed by atoms with Crippen LogP contribution in [0.2, 0.25) is 0 Å². The number of aliphatic hydroxyl groups is 1. The van der Waals surface area contributed by atoms with Gasteiger partial charge in [0.2, 0.25) is 5.91 Å². The third kappa shape index (κ3) is 4.27. The number of anilines is 1. The van der Waals surface area contributed by atoms with E-state index in [2.05, 4.69) is 26.1 Å². The summed E-state index contributed by atoms with van der Waals surface area (Å²) in [6, 6.07) is 11.7. The first kappa shape index (κ1) is 17.6. The maximum atomic E-state index is 12.4. The summed E-state index contributed by atoms with van der Waals surface area (Å²) >= 11 is 0. The van der Waals surface area contributed by atoms with Gasteiger partial charge in [-0.3, -0.25) is 9.69 Å². The third-order valence-electron chi connectivity index (χ3n) is 4.36. The summed E-state index contributed by atoms with van der Waals surface area (Å²) < 4.78 is 1.78. The van der Waals surface area contributed by atoms with E-state index in [0.717, 1.165) is 24.3 Å². The smallest absolute Gasteiger partial charge is 0.239 e. The van der Waals surface area contributed by atoms with Crippen LogP contribution in [0.1, 0.15) is 32.9 Å². The first-order valence-electron chi connectivity index (χ1n) is 8.69. The number of aromatic nitrogens is 2. The Kier molecular flexibility index (Phi) is 4.92. The second kappa shape index (κ2) is 6.98. The second-order valence-electron chi connectivity index (χ2n) is 7.64. The maximum Gasteiger partial charge on any atom is 0.239 e. The van der Waals surface area contributed by atoms with E-state index in [1.807, 2.05) is 41.3 Å². The van der Waals surface area contributed by atoms with Crippen LogP contribution in [0.25, 0.3) is 5.69 Å². The standard InChI is InChI=1S/C19H26N4O2/c1-19(2,3)16-11-17(23(21-16)14-7-5-4-6-8-14)20-18(25)13-22-10-9-15(24)12-22/h4-8,11,15,24H,9-10,12-13H2,1-3H3,(H,20,25)/t15-/m0/s1. The number of carbonyl (C=O) groups excluding carboxylic acids is 1. The zero-order chi connectivity index (χ0) is 18.0. The molecule has 6 heteroatoms. The van der Waals surface area contributed by atoms with E-state index >= 15 is 0 Å². The molecular weight excluding hydrogens is 316 g/mol. The Morgan fingerprint density at radius 2 is 2.04 bits per heavy atom. The van der Waals surface area contributed by atoms with Crippen LogP contribution in [0.3, 0.4) is 0 Å². The van der Waals surface area contributed by atoms with Crippen LogP contribution in [0.5, 0.6) is 0 Å². The van der Waals surface area contributed by atoms with Gasteiger partial charge in [-0.15, -0.1) is 0 Å². The van der Waals surface area contributed by atoms with Crippen LogP contribution in [-0.4, -0.2) is 51.4 Å². The Morgan fingerprint density at radius 3 is 2.64 bits per heavy atom. The van der Waals surface area contributed by atoms with Crippen LogP contribution in [0.4, 0.5) is 5.82 Å². The molecule has 2 aromatic rings. The lowest BCUT2D eigenvalue weighted by molar-refractivity contribution is -0.117. The lowest BCUT2D eigenvalue weighted by Crippen LogP contribution is -2.32. The first-order chi connectivity index (χ1) is 11.8. The molecule has 1 fully saturated rings. The molecule has 0 saturated carbocycles. The number of hydrogen-bond donors (Lipinski definition) is 2. The molecule has 1 atom stereocenters. The number of nitrogens with one attached hydrogen (secondary N) is 1. The molecule has 0 bridgehead atoms. The highest BCUT2D eigenvalue weighted by molar-refractivity contribution is 5.91. The van der Waals surface area contributed by atoms with Crippen LogP contribution >= 0.6 is 0 Å². The van der Waals surface area contributed by atoms with Crippen molar-refractivity contribution in [3.05, 3.63) is 42.1 Å². The van der Waals surface area contributed by atoms with E-state index in [1.165, 1.54) is 0 Å². The summed E-state index contributed by atoms with van der Waals surface area (Å²) in [6.45, 7) is 7.88. The summed E-state index contributed by atoms with van der Waals surface area (Å²) in [5.41, 5.74) is 1.71. The van der Waals surface area contributed by atoms with Gasteiger partial charge in [0.15, 0.2) is 0 Å². The average molecular weight is 342 g/mol. The Bertz CT molecular complexity index is 734. The number of likely N-dealkylation sites (tertiary alicyclic amines) is 1. The van der Waals surface area contributed by atoms with Gasteiger partial charge >= 0.3 is 0 Å². The molecule has 1 saturated heterocycles. The quantitative estimate of drug-likeness (QED) is 0.893. The van der Waals surface area contributed by atoms with Gasteiger partial charge in [-0.1, -0.05) is 39.0 Å². The van der Waals surface area contributed by atoms with Crippen LogP contribution in [-0.2, 0) is 10.2 Å². The SMILES string of the molecule is CC(C)(C)c1cc(NC(=O)CN2CC[C@H](O)C2)n(-c2ccccc2)n1. The molecule has 0 aliphatic carbocycles. The molecule has 1 amide bonds. The second-order valence-corrected chi connectivity index (χ2v) is 7.64. The van der Waals surface area contributed by atoms with E-state index in [1.54, 1.807) is 4.68 Å². The van der Waals surface area contributed by atoms with Gasteiger partial charge in [-0.25, -0.2) is 4.68 Å². The molecule has 25 heavy (non-hydrogen) atoms. The van der Waals surface area contributed by atoms with Gasteiger partial charge in [-0.2, -0.15) is 5.10 Å². The Balaban J connectivity index is 1.81. The predicted octanol–water partition coefficient (Wildman–Crippen LogP) is 2.17. The van der Waals surface area contributed by atoms with Crippen molar-refractivity contribution in [1.82, 2.24) is 14.7 Å². The Labute approximate surface area is 148 Å². The van der Waals surface area contributed by atoms with Crippen molar-refractivity contribution in [2.45, 2.75) is 38.7 Å². The predicted molar refractivity (Wildman–Crippen MR) is 98.0 cm³/mol. The van der Waals surface area contributed by atoms with Crippen molar-refractivity contribution >= 4 is 11.7 Å². The first-order valence-corrected chi connectivity index (χ1v) is 8.69. The molecule has 0 unspecified atom stereocenters. The lowest BCUT2D eigenvalue weighted by Gasteiger charge is -2.15. The summed E-state index contributed by atoms with van der Waals surface area (Å²) in [5.74, 6) is 0.576. The minimum absolute atomic E-state index is 0.0911. The van der Waals surface area contributed by atoms with Gasteiger partial charge < -0.3 is 10.4 Å². The van der Waals surface area contributed by atoms with E-state index in [-0.39, 0.29) is 24.0 Å². The molecule has 134 valence electrons. The van der Waals surface area contributed by atoms with Gasteiger partial charge in [0.25, 0.3) is 0 Å². The molecule has 3 rings (SSSR count). The highest BCUT2D eigenvalue weighted by Crippen LogP contribution is 2.26. The van der Waals surface area contributed by atoms with E-state index in [0.29, 0.717) is 12.4 Å². The fraction of sp³-hybridized carbons (Fsp3) is 0.474. The van der Waals surface area contributed by atoms with Crippen LogP contribution < -0.4 is 5.32 Å². The molecule has 2 N–H and O–H groups in total. The molecular formula is C19H26N4O2. The normalized spacial score (nSPS) is 18.5. The maximum absolute atomic E-state index is 12.4. The van der Waals surface area contributed by atoms with Crippen molar-refractivity contribution in [1.29, 1.82) is 0 Å². The summed E-state index contributed by atoms with van der Waals surface area (Å²) in [5, 5.41) is 17.3. The number of para-hydroxylation sites is 1. The number of carbonyl (C=O) groups is 1. The molecule has 1 aromatic carbocycles. The zero-order valence-corrected chi connectivity index (χ0v) is 15.1. The summed E-state index contributed by atoms with van der Waals surface area (Å²) in [4.78, 5) is 14.4. The molecule has 1 aromatic heterocycles. The minimum Gasteiger partial charge on any atom is -0.392 e. The molecule has 1 aliphatic rings. The van der Waals surface area contributed by atoms with Gasteiger partial charge in [-0.05, 0) is 18.6 Å². The van der Waals surface area contributed by atoms with Gasteiger partial charge in [0.1, 0.15) is 5.82 Å². The Hall–Kier alpha value is -2.18. The van der Waals surface area contributed by atoms with E-state index < -0.39 is 0 Å². The largest absolute Gasteiger partial charge is 0.392 e. The van der Waals surface area contributed by atoms with Crippen molar-refractivity contribution in [3.63, 3.8) is 0 Å². The monoisotopic (exact) mass is 342 g/mol. The molecule has 6 nitrogen and oxygen atoms in total. The summed E-state index contributed by atoms with van der Waals surface area (Å²) in [6.07, 6.45) is 0.402. The number of benzene rings is 1. The molecule has 0 spiro atoms. The summed E-state index contributed by atoms with van der Waals surface area (Å²) in [7, 11) is 0. The Morgan fingerprint density at radius 1 is 1.32 bits per heavy atom. The topological polar surface area (TPSA) is 70.4 Å². The highest BCUT2D eigenvalue weighted by Gasteiger charge is 2.24. The van der Waals surface area contributed by atoms with Crippen LogP contribution in [0, 0.1) is 0 Å². The highest BCUT2D eigenvalue weighted by atomic mass is 16.3. The third-order valence-corrected chi connectivity index (χ3v) is 4.36. The molecule has 1 aliphatic heterocycles. The fourth-order valence-electron chi connectivity index (χ4n) is 2.94. The number of aliphatic hydroxyl groups excluding tert-OH is 1. The van der Waals surface area contributed by atoms with Crippen molar-refractivity contribution in [3.8, 4) is 5.69 Å². The lowest BCUT2D eigenvalue weighted by atomic mass is 9.92. The minimum atomic E-state index is -0.324. The number of hydrogen-bond acceptors (Lipinski definition) is 4. The van der Waals surface area contributed by atoms with Crippen molar-refractivity contribution < 1.29 is 9.90 Å². The van der Waals surface area contributed by atoms with Gasteiger partial charge in [0, 0.05) is 24.6 Å². The molecule has 2 heterocycles. The number of rotatable bonds is 4. The fourth-order valence-corrected chi connectivity index (χ4v) is 2.94. The number of β-amino-alcohol motifs (C(OH)–C–C–N with tert-alkyl or cyclic N) is 1. The van der Waals surface area contributed by atoms with Crippen LogP contribution in [0.15, 0.2) is 36.4 Å². The average Bonchev–Trinajstić information content (AvgIpc) is 3.14. The van der Waals surface area contributed by atoms with E-state index in [9.17, 15) is 9.90 Å². The number of amides is 1. The van der Waals surface area contributed by atoms with Gasteiger partial charge in [0.05, 0.1) is 24.0 Å². The van der Waals surface area contributed by atoms with Crippen molar-refractivity contribution in [2.24, 2.45) is 0 Å². The number of nitrogens with zero attached hydrogens (tertiary/aromatic N) is 3. The van der Waals surface area contributed by atoms with E-state index in [4.69, 9.17) is 5.10 Å².